The summed E-state index contributed by atoms with van der Waals surface area (Å²) in [7, 11) is 0. The lowest BCUT2D eigenvalue weighted by molar-refractivity contribution is 0.475. The Hall–Kier alpha value is -4.00. The number of nitrogens with two attached hydrogens (primary N) is 1. The third-order valence-corrected chi connectivity index (χ3v) is 4.09. The molecule has 7 heteroatoms. The lowest BCUT2D eigenvalue weighted by atomic mass is 10.0. The van der Waals surface area contributed by atoms with Crippen molar-refractivity contribution in [2.24, 2.45) is 15.7 Å². The van der Waals surface area contributed by atoms with Crippen molar-refractivity contribution in [1.29, 1.82) is 0 Å². The molecule has 0 spiro atoms. The normalized spacial score (nSPS) is 12.2. The van der Waals surface area contributed by atoms with E-state index < -0.39 is 0 Å². The molecule has 0 aliphatic carbocycles. The number of aromatic amines is 1. The average molecular weight is 357 g/mol. The number of phenolic OH excluding ortho intramolecular Hbond substituents is 1. The molecule has 1 aromatic heterocycles. The van der Waals surface area contributed by atoms with Gasteiger partial charge in [-0.25, -0.2) is 9.98 Å². The zero-order chi connectivity index (χ0) is 18.8. The second-order valence-corrected chi connectivity index (χ2v) is 5.85. The molecule has 27 heavy (non-hydrogen) atoms. The molecule has 0 radical (unpaired) electrons. The van der Waals surface area contributed by atoms with Gasteiger partial charge in [0.15, 0.2) is 0 Å². The van der Waals surface area contributed by atoms with Crippen LogP contribution in [0, 0.1) is 0 Å². The highest BCUT2D eigenvalue weighted by molar-refractivity contribution is 6.05. The molecule has 4 N–H and O–H groups in total. The van der Waals surface area contributed by atoms with Gasteiger partial charge in [-0.15, -0.1) is 0 Å². The van der Waals surface area contributed by atoms with Crippen molar-refractivity contribution in [2.75, 3.05) is 0 Å². The van der Waals surface area contributed by atoms with E-state index in [2.05, 4.69) is 20.0 Å². The Morgan fingerprint density at radius 2 is 1.78 bits per heavy atom. The molecule has 0 aliphatic rings. The number of benzene rings is 3. The summed E-state index contributed by atoms with van der Waals surface area (Å²) in [5.74, 6) is 0.0544. The summed E-state index contributed by atoms with van der Waals surface area (Å²) in [6, 6.07) is 18.0. The van der Waals surface area contributed by atoms with E-state index in [9.17, 15) is 9.90 Å². The third kappa shape index (κ3) is 3.25. The van der Waals surface area contributed by atoms with E-state index in [1.165, 1.54) is 6.21 Å². The van der Waals surface area contributed by atoms with Crippen molar-refractivity contribution in [3.63, 3.8) is 0 Å². The second kappa shape index (κ2) is 6.72. The molecule has 3 aromatic carbocycles. The van der Waals surface area contributed by atoms with Crippen LogP contribution in [0.4, 0.5) is 5.95 Å². The van der Waals surface area contributed by atoms with Crippen LogP contribution < -0.4 is 11.3 Å². The molecular weight excluding hydrogens is 342 g/mol. The fourth-order valence-electron chi connectivity index (χ4n) is 2.81. The highest BCUT2D eigenvalue weighted by Gasteiger charge is 2.05. The number of hydrogen-bond acceptors (Lipinski definition) is 4. The molecule has 0 bridgehead atoms. The van der Waals surface area contributed by atoms with E-state index in [0.717, 1.165) is 10.8 Å². The predicted molar refractivity (Wildman–Crippen MR) is 107 cm³/mol. The first-order valence-electron chi connectivity index (χ1n) is 8.20. The van der Waals surface area contributed by atoms with Gasteiger partial charge in [-0.2, -0.15) is 4.99 Å². The summed E-state index contributed by atoms with van der Waals surface area (Å²) in [5.41, 5.74) is 6.60. The first-order chi connectivity index (χ1) is 13.1. The smallest absolute Gasteiger partial charge is 0.260 e. The molecule has 7 nitrogen and oxygen atoms in total. The summed E-state index contributed by atoms with van der Waals surface area (Å²) in [6.45, 7) is 0. The van der Waals surface area contributed by atoms with Crippen molar-refractivity contribution in [2.45, 2.75) is 0 Å². The number of guanidine groups is 1. The lowest BCUT2D eigenvalue weighted by Gasteiger charge is -2.04. The topological polar surface area (TPSA) is 117 Å². The first kappa shape index (κ1) is 16.5. The van der Waals surface area contributed by atoms with E-state index in [1.54, 1.807) is 30.3 Å². The third-order valence-electron chi connectivity index (χ3n) is 4.09. The van der Waals surface area contributed by atoms with Crippen LogP contribution in [0.25, 0.3) is 21.7 Å². The number of nitrogens with one attached hydrogen (secondary N) is 1. The lowest BCUT2D eigenvalue weighted by Crippen LogP contribution is -2.11. The second-order valence-electron chi connectivity index (χ2n) is 5.85. The molecule has 4 rings (SSSR count). The van der Waals surface area contributed by atoms with Gasteiger partial charge in [-0.05, 0) is 29.0 Å². The molecule has 132 valence electrons. The Morgan fingerprint density at radius 1 is 1.04 bits per heavy atom. The number of aromatic hydroxyl groups is 1. The highest BCUT2D eigenvalue weighted by atomic mass is 16.3. The van der Waals surface area contributed by atoms with Gasteiger partial charge in [-0.1, -0.05) is 42.5 Å². The fraction of sp³-hybridized carbons (Fsp3) is 0. The Bertz CT molecular complexity index is 1270. The van der Waals surface area contributed by atoms with E-state index in [-0.39, 0.29) is 23.2 Å². The maximum Gasteiger partial charge on any atom is 0.260 e. The summed E-state index contributed by atoms with van der Waals surface area (Å²) in [6.07, 6.45) is 1.44. The average Bonchev–Trinajstić information content (AvgIpc) is 2.67. The van der Waals surface area contributed by atoms with Crippen LogP contribution in [0.2, 0.25) is 0 Å². The van der Waals surface area contributed by atoms with E-state index in [1.807, 2.05) is 30.3 Å². The van der Waals surface area contributed by atoms with Gasteiger partial charge >= 0.3 is 0 Å². The monoisotopic (exact) mass is 357 g/mol. The number of phenols is 1. The van der Waals surface area contributed by atoms with Crippen LogP contribution in [-0.2, 0) is 0 Å². The minimum Gasteiger partial charge on any atom is -0.507 e. The molecular formula is C20H15N5O2. The van der Waals surface area contributed by atoms with Crippen molar-refractivity contribution in [3.05, 3.63) is 76.6 Å². The van der Waals surface area contributed by atoms with Gasteiger partial charge in [0, 0.05) is 11.8 Å². The predicted octanol–water partition coefficient (Wildman–Crippen LogP) is 2.85. The van der Waals surface area contributed by atoms with Gasteiger partial charge in [-0.3, -0.25) is 9.78 Å². The standard InChI is InChI=1S/C20H15N5O2/c21-19(25-20-23-16-8-4-3-7-14(16)18(27)24-20)22-11-15-13-6-2-1-5-12(13)9-10-17(15)26/h1-11,26H,(H3,21,23,24,25,27)/b22-11+. The number of aliphatic imine (C=N–C) groups is 2. The van der Waals surface area contributed by atoms with Gasteiger partial charge in [0.2, 0.25) is 11.9 Å². The van der Waals surface area contributed by atoms with E-state index in [4.69, 9.17) is 5.73 Å². The zero-order valence-corrected chi connectivity index (χ0v) is 14.1. The van der Waals surface area contributed by atoms with Crippen LogP contribution in [0.3, 0.4) is 0 Å². The van der Waals surface area contributed by atoms with Crippen LogP contribution in [0.1, 0.15) is 5.56 Å². The Labute approximate surface area is 153 Å². The maximum atomic E-state index is 12.1. The van der Waals surface area contributed by atoms with Crippen molar-refractivity contribution < 1.29 is 5.11 Å². The summed E-state index contributed by atoms with van der Waals surface area (Å²) >= 11 is 0. The minimum atomic E-state index is -0.303. The van der Waals surface area contributed by atoms with Crippen molar-refractivity contribution in [3.8, 4) is 5.75 Å². The van der Waals surface area contributed by atoms with Gasteiger partial charge in [0.05, 0.1) is 10.9 Å². The number of nitrogens with zero attached hydrogens (tertiary/aromatic N) is 3. The minimum absolute atomic E-state index is 0.0653. The molecule has 0 fully saturated rings. The van der Waals surface area contributed by atoms with Crippen molar-refractivity contribution >= 4 is 39.8 Å². The van der Waals surface area contributed by atoms with Crippen molar-refractivity contribution in [1.82, 2.24) is 9.97 Å². The molecule has 0 saturated carbocycles. The Balaban J connectivity index is 1.71. The maximum absolute atomic E-state index is 12.1. The molecule has 0 atom stereocenters. The Kier molecular flexibility index (Phi) is 4.10. The van der Waals surface area contributed by atoms with Gasteiger partial charge < -0.3 is 10.8 Å². The quantitative estimate of drug-likeness (QED) is 0.378. The fourth-order valence-corrected chi connectivity index (χ4v) is 2.81. The zero-order valence-electron chi connectivity index (χ0n) is 14.1. The van der Waals surface area contributed by atoms with Crippen LogP contribution in [-0.4, -0.2) is 27.2 Å². The number of rotatable bonds is 2. The van der Waals surface area contributed by atoms with Crippen LogP contribution >= 0.6 is 0 Å². The summed E-state index contributed by atoms with van der Waals surface area (Å²) in [5, 5.41) is 12.4. The summed E-state index contributed by atoms with van der Waals surface area (Å²) < 4.78 is 0. The molecule has 0 aliphatic heterocycles. The molecule has 0 saturated heterocycles. The number of H-pyrrole nitrogens is 1. The number of fused-ring (bicyclic) bond motifs is 2. The molecule has 4 aromatic rings. The SMILES string of the molecule is NC(/N=C/c1c(O)ccc2ccccc12)=N\c1nc2ccccc2c(=O)[nH]1. The van der Waals surface area contributed by atoms with Crippen LogP contribution in [0.15, 0.2) is 75.4 Å². The largest absolute Gasteiger partial charge is 0.507 e. The van der Waals surface area contributed by atoms with Crippen LogP contribution in [0.5, 0.6) is 5.75 Å². The first-order valence-corrected chi connectivity index (χ1v) is 8.20. The molecule has 1 heterocycles. The van der Waals surface area contributed by atoms with E-state index >= 15 is 0 Å². The number of para-hydroxylation sites is 1. The summed E-state index contributed by atoms with van der Waals surface area (Å²) in [4.78, 5) is 27.0. The highest BCUT2D eigenvalue weighted by Crippen LogP contribution is 2.25. The number of aromatic nitrogens is 2. The van der Waals surface area contributed by atoms with E-state index in [0.29, 0.717) is 16.5 Å². The number of hydrogen-bond donors (Lipinski definition) is 3. The molecule has 0 amide bonds. The van der Waals surface area contributed by atoms with Gasteiger partial charge in [0.1, 0.15) is 5.75 Å². The van der Waals surface area contributed by atoms with Gasteiger partial charge in [0.25, 0.3) is 5.56 Å². The Morgan fingerprint density at radius 3 is 2.63 bits per heavy atom. The molecule has 0 unspecified atom stereocenters.